The molecule has 0 radical (unpaired) electrons. The van der Waals surface area contributed by atoms with Crippen molar-refractivity contribution in [2.75, 3.05) is 0 Å². The molecule has 0 saturated carbocycles. The van der Waals surface area contributed by atoms with E-state index in [9.17, 15) is 9.59 Å². The third-order valence-electron chi connectivity index (χ3n) is 3.56. The van der Waals surface area contributed by atoms with E-state index in [0.29, 0.717) is 29.8 Å². The van der Waals surface area contributed by atoms with E-state index in [1.54, 1.807) is 24.3 Å². The number of hydrogen-bond donors (Lipinski definition) is 0. The van der Waals surface area contributed by atoms with Gasteiger partial charge in [0, 0.05) is 12.8 Å². The first-order chi connectivity index (χ1) is 11.3. The molecule has 1 aromatic rings. The smallest absolute Gasteiger partial charge is 0.311 e. The molecule has 0 N–H and O–H groups in total. The molecular formula is C20H30O4. The van der Waals surface area contributed by atoms with Crippen LogP contribution in [0.5, 0.6) is 11.5 Å². The lowest BCUT2D eigenvalue weighted by molar-refractivity contribution is -0.137. The molecule has 0 atom stereocenters. The van der Waals surface area contributed by atoms with E-state index in [0.717, 1.165) is 32.1 Å². The molecule has 0 aliphatic carbocycles. The molecule has 0 saturated heterocycles. The summed E-state index contributed by atoms with van der Waals surface area (Å²) in [4.78, 5) is 23.6. The van der Waals surface area contributed by atoms with Crippen LogP contribution >= 0.6 is 0 Å². The van der Waals surface area contributed by atoms with Crippen molar-refractivity contribution in [1.82, 2.24) is 0 Å². The molecule has 0 aliphatic rings. The highest BCUT2D eigenvalue weighted by molar-refractivity contribution is 5.76. The Morgan fingerprint density at radius 2 is 1.42 bits per heavy atom. The monoisotopic (exact) mass is 334 g/mol. The zero-order valence-electron chi connectivity index (χ0n) is 15.4. The number of carbonyl (C=O) groups is 2. The van der Waals surface area contributed by atoms with Gasteiger partial charge in [-0.15, -0.1) is 0 Å². The number of para-hydroxylation sites is 2. The Morgan fingerprint density at radius 1 is 0.875 bits per heavy atom. The van der Waals surface area contributed by atoms with E-state index in [1.165, 1.54) is 0 Å². The van der Waals surface area contributed by atoms with Crippen molar-refractivity contribution in [3.05, 3.63) is 24.3 Å². The Bertz CT molecular complexity index is 529. The van der Waals surface area contributed by atoms with Crippen LogP contribution in [0.3, 0.4) is 0 Å². The normalized spacial score (nSPS) is 11.2. The van der Waals surface area contributed by atoms with Gasteiger partial charge in [-0.3, -0.25) is 9.59 Å². The van der Waals surface area contributed by atoms with Gasteiger partial charge in [0.25, 0.3) is 0 Å². The molecule has 134 valence electrons. The predicted octanol–water partition coefficient (Wildman–Crippen LogP) is 5.29. The average Bonchev–Trinajstić information content (AvgIpc) is 2.48. The summed E-state index contributed by atoms with van der Waals surface area (Å²) < 4.78 is 10.6. The van der Waals surface area contributed by atoms with Crippen LogP contribution < -0.4 is 9.47 Å². The summed E-state index contributed by atoms with van der Waals surface area (Å²) in [6, 6.07) is 6.78. The topological polar surface area (TPSA) is 52.6 Å². The van der Waals surface area contributed by atoms with E-state index in [1.807, 2.05) is 6.92 Å². The minimum atomic E-state index is -0.317. The van der Waals surface area contributed by atoms with Crippen molar-refractivity contribution in [2.45, 2.75) is 72.6 Å². The highest BCUT2D eigenvalue weighted by Crippen LogP contribution is 2.27. The molecule has 24 heavy (non-hydrogen) atoms. The molecular weight excluding hydrogens is 304 g/mol. The van der Waals surface area contributed by atoms with Gasteiger partial charge in [0.1, 0.15) is 0 Å². The fraction of sp³-hybridized carbons (Fsp3) is 0.600. The summed E-state index contributed by atoms with van der Waals surface area (Å²) in [5.41, 5.74) is 0.335. The van der Waals surface area contributed by atoms with E-state index < -0.39 is 0 Å². The first-order valence-electron chi connectivity index (χ1n) is 8.82. The highest BCUT2D eigenvalue weighted by Gasteiger charge is 2.13. The van der Waals surface area contributed by atoms with Crippen molar-refractivity contribution in [3.8, 4) is 11.5 Å². The van der Waals surface area contributed by atoms with Gasteiger partial charge in [-0.05, 0) is 36.8 Å². The van der Waals surface area contributed by atoms with Crippen LogP contribution in [0, 0.1) is 5.41 Å². The van der Waals surface area contributed by atoms with Crippen molar-refractivity contribution < 1.29 is 19.1 Å². The molecule has 4 nitrogen and oxygen atoms in total. The number of carbonyl (C=O) groups excluding carboxylic acids is 2. The molecule has 1 rings (SSSR count). The fourth-order valence-corrected chi connectivity index (χ4v) is 2.27. The van der Waals surface area contributed by atoms with Gasteiger partial charge in [-0.1, -0.05) is 52.7 Å². The summed E-state index contributed by atoms with van der Waals surface area (Å²) >= 11 is 0. The second-order valence-electron chi connectivity index (χ2n) is 7.27. The van der Waals surface area contributed by atoms with E-state index in [4.69, 9.17) is 9.47 Å². The molecule has 0 aromatic heterocycles. The lowest BCUT2D eigenvalue weighted by Gasteiger charge is -2.17. The lowest BCUT2D eigenvalue weighted by Crippen LogP contribution is -2.11. The van der Waals surface area contributed by atoms with Crippen LogP contribution in [-0.2, 0) is 9.59 Å². The molecule has 0 aliphatic heterocycles. The van der Waals surface area contributed by atoms with Crippen LogP contribution in [0.2, 0.25) is 0 Å². The summed E-state index contributed by atoms with van der Waals surface area (Å²) in [6.45, 7) is 8.57. The highest BCUT2D eigenvalue weighted by atomic mass is 16.6. The van der Waals surface area contributed by atoms with Gasteiger partial charge in [-0.25, -0.2) is 0 Å². The quantitative estimate of drug-likeness (QED) is 0.349. The Balaban J connectivity index is 2.42. The second kappa shape index (κ2) is 10.1. The number of esters is 2. The van der Waals surface area contributed by atoms with Crippen LogP contribution in [0.15, 0.2) is 24.3 Å². The number of ether oxygens (including phenoxy) is 2. The maximum absolute atomic E-state index is 12.0. The van der Waals surface area contributed by atoms with Crippen molar-refractivity contribution in [1.29, 1.82) is 0 Å². The molecule has 0 bridgehead atoms. The Kier molecular flexibility index (Phi) is 8.51. The first kappa shape index (κ1) is 20.2. The van der Waals surface area contributed by atoms with E-state index in [-0.39, 0.29) is 11.9 Å². The van der Waals surface area contributed by atoms with Crippen LogP contribution in [0.4, 0.5) is 0 Å². The van der Waals surface area contributed by atoms with E-state index in [2.05, 4.69) is 20.8 Å². The zero-order valence-corrected chi connectivity index (χ0v) is 15.4. The Hall–Kier alpha value is -1.84. The number of hydrogen-bond acceptors (Lipinski definition) is 4. The van der Waals surface area contributed by atoms with Crippen LogP contribution in [0.25, 0.3) is 0 Å². The molecule has 0 heterocycles. The van der Waals surface area contributed by atoms with Crippen molar-refractivity contribution in [2.24, 2.45) is 5.41 Å². The second-order valence-corrected chi connectivity index (χ2v) is 7.27. The van der Waals surface area contributed by atoms with Gasteiger partial charge >= 0.3 is 11.9 Å². The van der Waals surface area contributed by atoms with Gasteiger partial charge in [0.15, 0.2) is 11.5 Å². The third-order valence-corrected chi connectivity index (χ3v) is 3.56. The summed E-state index contributed by atoms with van der Waals surface area (Å²) in [6.07, 6.45) is 5.53. The first-order valence-corrected chi connectivity index (χ1v) is 8.82. The molecule has 0 spiro atoms. The van der Waals surface area contributed by atoms with Gasteiger partial charge in [-0.2, -0.15) is 0 Å². The third kappa shape index (κ3) is 8.70. The van der Waals surface area contributed by atoms with Crippen molar-refractivity contribution >= 4 is 11.9 Å². The molecule has 0 amide bonds. The van der Waals surface area contributed by atoms with Crippen LogP contribution in [0.1, 0.15) is 72.6 Å². The number of rotatable bonds is 9. The zero-order chi connectivity index (χ0) is 18.0. The average molecular weight is 334 g/mol. The van der Waals surface area contributed by atoms with E-state index >= 15 is 0 Å². The minimum absolute atomic E-state index is 0.287. The maximum Gasteiger partial charge on any atom is 0.311 e. The van der Waals surface area contributed by atoms with Gasteiger partial charge < -0.3 is 9.47 Å². The number of benzene rings is 1. The molecule has 0 unspecified atom stereocenters. The van der Waals surface area contributed by atoms with Crippen molar-refractivity contribution in [3.63, 3.8) is 0 Å². The number of unbranched alkanes of at least 4 members (excludes halogenated alkanes) is 2. The SMILES string of the molecule is CCCC(=O)Oc1ccccc1OC(=O)CCCCCC(C)(C)C. The lowest BCUT2D eigenvalue weighted by atomic mass is 9.89. The minimum Gasteiger partial charge on any atom is -0.423 e. The molecule has 0 fully saturated rings. The largest absolute Gasteiger partial charge is 0.423 e. The van der Waals surface area contributed by atoms with Gasteiger partial charge in [0.2, 0.25) is 0 Å². The Morgan fingerprint density at radius 3 is 1.92 bits per heavy atom. The molecule has 1 aromatic carbocycles. The Labute approximate surface area is 145 Å². The van der Waals surface area contributed by atoms with Gasteiger partial charge in [0.05, 0.1) is 0 Å². The summed E-state index contributed by atoms with van der Waals surface area (Å²) in [7, 11) is 0. The maximum atomic E-state index is 12.0. The standard InChI is InChI=1S/C20H30O4/c1-5-11-18(21)23-16-12-8-9-13-17(16)24-19(22)14-7-6-10-15-20(2,3)4/h8-9,12-13H,5-7,10-11,14-15H2,1-4H3. The van der Waals surface area contributed by atoms with Crippen LogP contribution in [-0.4, -0.2) is 11.9 Å². The summed E-state index contributed by atoms with van der Waals surface area (Å²) in [5.74, 6) is 0.00612. The molecule has 4 heteroatoms. The fourth-order valence-electron chi connectivity index (χ4n) is 2.27. The summed E-state index contributed by atoms with van der Waals surface area (Å²) in [5, 5.41) is 0. The predicted molar refractivity (Wildman–Crippen MR) is 95.2 cm³/mol.